The van der Waals surface area contributed by atoms with Gasteiger partial charge in [-0.2, -0.15) is 0 Å². The fraction of sp³-hybridized carbons (Fsp3) is 0.333. The maximum Gasteiger partial charge on any atom is 0.261 e. The maximum atomic E-state index is 12.9. The summed E-state index contributed by atoms with van der Waals surface area (Å²) < 4.78 is 19.3. The molecule has 1 atom stereocenters. The van der Waals surface area contributed by atoms with Crippen LogP contribution in [0.1, 0.15) is 6.92 Å². The van der Waals surface area contributed by atoms with E-state index in [-0.39, 0.29) is 12.1 Å². The van der Waals surface area contributed by atoms with Crippen LogP contribution in [0.25, 0.3) is 10.9 Å². The normalized spacial score (nSPS) is 12.6. The number of para-hydroxylation sites is 1. The Bertz CT molecular complexity index is 593. The number of hydrogen-bond donors (Lipinski definition) is 0. The second-order valence-electron chi connectivity index (χ2n) is 3.84. The molecule has 2 aromatic rings. The lowest BCUT2D eigenvalue weighted by molar-refractivity contribution is 0.317. The molecule has 0 aliphatic carbocycles. The van der Waals surface area contributed by atoms with Gasteiger partial charge in [0.05, 0.1) is 25.4 Å². The molecule has 0 radical (unpaired) electrons. The molecule has 1 aromatic heterocycles. The quantitative estimate of drug-likeness (QED) is 0.815. The zero-order valence-electron chi connectivity index (χ0n) is 9.68. The second-order valence-corrected chi connectivity index (χ2v) is 3.84. The Morgan fingerprint density at radius 1 is 1.53 bits per heavy atom. The van der Waals surface area contributed by atoms with Crippen molar-refractivity contribution in [1.29, 1.82) is 0 Å². The van der Waals surface area contributed by atoms with Gasteiger partial charge in [-0.3, -0.25) is 9.36 Å². The highest BCUT2D eigenvalue weighted by molar-refractivity contribution is 5.83. The molecule has 0 aliphatic heterocycles. The number of nitrogens with zero attached hydrogens (tertiary/aromatic N) is 2. The zero-order valence-corrected chi connectivity index (χ0v) is 9.68. The first-order valence-electron chi connectivity index (χ1n) is 5.29. The van der Waals surface area contributed by atoms with E-state index in [1.54, 1.807) is 18.2 Å². The van der Waals surface area contributed by atoms with Gasteiger partial charge in [0.25, 0.3) is 5.56 Å². The molecule has 90 valence electrons. The number of rotatable bonds is 3. The monoisotopic (exact) mass is 236 g/mol. The molecule has 0 N–H and O–H groups in total. The van der Waals surface area contributed by atoms with Crippen molar-refractivity contribution in [2.75, 3.05) is 7.11 Å². The molecule has 0 bridgehead atoms. The third-order valence-corrected chi connectivity index (χ3v) is 2.48. The van der Waals surface area contributed by atoms with Crippen LogP contribution in [-0.4, -0.2) is 22.8 Å². The van der Waals surface area contributed by atoms with Crippen molar-refractivity contribution in [3.05, 3.63) is 34.9 Å². The van der Waals surface area contributed by atoms with Crippen molar-refractivity contribution < 1.29 is 9.13 Å². The molecular formula is C12H13FN2O2. The molecule has 0 fully saturated rings. The van der Waals surface area contributed by atoms with Crippen LogP contribution in [0.3, 0.4) is 0 Å². The Morgan fingerprint density at radius 3 is 2.94 bits per heavy atom. The van der Waals surface area contributed by atoms with E-state index in [4.69, 9.17) is 4.74 Å². The summed E-state index contributed by atoms with van der Waals surface area (Å²) in [4.78, 5) is 16.2. The SMILES string of the molecule is COc1cccc2c(=O)n(CC(C)F)cnc12. The lowest BCUT2D eigenvalue weighted by Gasteiger charge is -2.08. The molecule has 0 amide bonds. The van der Waals surface area contributed by atoms with Gasteiger partial charge in [-0.05, 0) is 19.1 Å². The van der Waals surface area contributed by atoms with Crippen LogP contribution < -0.4 is 10.3 Å². The highest BCUT2D eigenvalue weighted by Crippen LogP contribution is 2.19. The van der Waals surface area contributed by atoms with Crippen molar-refractivity contribution in [1.82, 2.24) is 9.55 Å². The summed E-state index contributed by atoms with van der Waals surface area (Å²) in [6, 6.07) is 5.11. The number of alkyl halides is 1. The van der Waals surface area contributed by atoms with Crippen molar-refractivity contribution in [3.8, 4) is 5.75 Å². The summed E-state index contributed by atoms with van der Waals surface area (Å²) >= 11 is 0. The van der Waals surface area contributed by atoms with Gasteiger partial charge < -0.3 is 4.74 Å². The van der Waals surface area contributed by atoms with E-state index in [1.165, 1.54) is 24.9 Å². The summed E-state index contributed by atoms with van der Waals surface area (Å²) in [5.41, 5.74) is 0.251. The number of aromatic nitrogens is 2. The Labute approximate surface area is 97.7 Å². The van der Waals surface area contributed by atoms with Crippen molar-refractivity contribution in [2.45, 2.75) is 19.6 Å². The van der Waals surface area contributed by atoms with Gasteiger partial charge in [-0.15, -0.1) is 0 Å². The number of benzene rings is 1. The first-order chi connectivity index (χ1) is 8.13. The maximum absolute atomic E-state index is 12.9. The van der Waals surface area contributed by atoms with E-state index >= 15 is 0 Å². The molecule has 4 nitrogen and oxygen atoms in total. The predicted octanol–water partition coefficient (Wildman–Crippen LogP) is 1.76. The smallest absolute Gasteiger partial charge is 0.261 e. The van der Waals surface area contributed by atoms with Crippen LogP contribution in [0.4, 0.5) is 4.39 Å². The first-order valence-corrected chi connectivity index (χ1v) is 5.29. The number of fused-ring (bicyclic) bond motifs is 1. The predicted molar refractivity (Wildman–Crippen MR) is 63.1 cm³/mol. The highest BCUT2D eigenvalue weighted by Gasteiger charge is 2.09. The van der Waals surface area contributed by atoms with Crippen LogP contribution in [0, 0.1) is 0 Å². The van der Waals surface area contributed by atoms with E-state index in [1.807, 2.05) is 0 Å². The van der Waals surface area contributed by atoms with Crippen LogP contribution >= 0.6 is 0 Å². The van der Waals surface area contributed by atoms with Crippen molar-refractivity contribution in [3.63, 3.8) is 0 Å². The van der Waals surface area contributed by atoms with E-state index in [9.17, 15) is 9.18 Å². The van der Waals surface area contributed by atoms with Crippen molar-refractivity contribution >= 4 is 10.9 Å². The summed E-state index contributed by atoms with van der Waals surface area (Å²) in [5.74, 6) is 0.542. The molecule has 1 unspecified atom stereocenters. The van der Waals surface area contributed by atoms with Crippen molar-refractivity contribution in [2.24, 2.45) is 0 Å². The summed E-state index contributed by atoms with van der Waals surface area (Å²) in [6.07, 6.45) is 0.265. The first kappa shape index (κ1) is 11.6. The molecule has 0 saturated carbocycles. The summed E-state index contributed by atoms with van der Waals surface area (Å²) in [5, 5.41) is 0.438. The van der Waals surface area contributed by atoms with Gasteiger partial charge in [0.2, 0.25) is 0 Å². The Hall–Kier alpha value is -1.91. The van der Waals surface area contributed by atoms with Gasteiger partial charge >= 0.3 is 0 Å². The largest absolute Gasteiger partial charge is 0.494 e. The third kappa shape index (κ3) is 2.13. The second kappa shape index (κ2) is 4.53. The molecule has 17 heavy (non-hydrogen) atoms. The molecule has 5 heteroatoms. The van der Waals surface area contributed by atoms with Crippen LogP contribution in [0.5, 0.6) is 5.75 Å². The molecule has 2 rings (SSSR count). The van der Waals surface area contributed by atoms with Gasteiger partial charge in [-0.1, -0.05) is 6.07 Å². The number of methoxy groups -OCH3 is 1. The molecule has 0 saturated heterocycles. The molecule has 1 aromatic carbocycles. The van der Waals surface area contributed by atoms with E-state index in [0.717, 1.165) is 0 Å². The summed E-state index contributed by atoms with van der Waals surface area (Å²) in [6.45, 7) is 1.42. The van der Waals surface area contributed by atoms with E-state index in [2.05, 4.69) is 4.98 Å². The lowest BCUT2D eigenvalue weighted by Crippen LogP contribution is -2.24. The van der Waals surface area contributed by atoms with Gasteiger partial charge in [0.1, 0.15) is 17.4 Å². The number of ether oxygens (including phenoxy) is 1. The highest BCUT2D eigenvalue weighted by atomic mass is 19.1. The minimum absolute atomic E-state index is 0.0129. The third-order valence-electron chi connectivity index (χ3n) is 2.48. The minimum atomic E-state index is -1.09. The molecule has 0 aliphatic rings. The summed E-state index contributed by atoms with van der Waals surface area (Å²) in [7, 11) is 1.52. The lowest BCUT2D eigenvalue weighted by atomic mass is 10.2. The fourth-order valence-electron chi connectivity index (χ4n) is 1.73. The van der Waals surface area contributed by atoms with Gasteiger partial charge in [0, 0.05) is 0 Å². The topological polar surface area (TPSA) is 44.1 Å². The minimum Gasteiger partial charge on any atom is -0.494 e. The fourth-order valence-corrected chi connectivity index (χ4v) is 1.73. The van der Waals surface area contributed by atoms with Gasteiger partial charge in [0.15, 0.2) is 0 Å². The van der Waals surface area contributed by atoms with E-state index < -0.39 is 6.17 Å². The number of halogens is 1. The zero-order chi connectivity index (χ0) is 12.4. The Morgan fingerprint density at radius 2 is 2.29 bits per heavy atom. The number of hydrogen-bond acceptors (Lipinski definition) is 3. The standard InChI is InChI=1S/C12H13FN2O2/c1-8(13)6-15-7-14-11-9(12(15)16)4-3-5-10(11)17-2/h3-5,7-8H,6H2,1-2H3. The van der Waals surface area contributed by atoms with Crippen LogP contribution in [-0.2, 0) is 6.54 Å². The van der Waals surface area contributed by atoms with Gasteiger partial charge in [-0.25, -0.2) is 9.37 Å². The van der Waals surface area contributed by atoms with E-state index in [0.29, 0.717) is 16.7 Å². The Balaban J connectivity index is 2.64. The molecule has 1 heterocycles. The van der Waals surface area contributed by atoms with Crippen LogP contribution in [0.15, 0.2) is 29.3 Å². The average Bonchev–Trinajstić information content (AvgIpc) is 2.31. The molecule has 0 spiro atoms. The van der Waals surface area contributed by atoms with Crippen LogP contribution in [0.2, 0.25) is 0 Å². The molecular weight excluding hydrogens is 223 g/mol. The Kier molecular flexibility index (Phi) is 3.08. The average molecular weight is 236 g/mol.